The zero-order valence-electron chi connectivity index (χ0n) is 22.5. The van der Waals surface area contributed by atoms with Crippen molar-refractivity contribution in [2.45, 2.75) is 59.1 Å². The van der Waals surface area contributed by atoms with Gasteiger partial charge in [-0.1, -0.05) is 19.4 Å². The van der Waals surface area contributed by atoms with Gasteiger partial charge in [0.25, 0.3) is 0 Å². The Morgan fingerprint density at radius 3 is 2.74 bits per heavy atom. The van der Waals surface area contributed by atoms with Gasteiger partial charge in [0.1, 0.15) is 31.8 Å². The van der Waals surface area contributed by atoms with Crippen molar-refractivity contribution < 1.29 is 14.3 Å². The Bertz CT molecular complexity index is 1350. The van der Waals surface area contributed by atoms with Gasteiger partial charge in [-0.3, -0.25) is 9.67 Å². The summed E-state index contributed by atoms with van der Waals surface area (Å²) in [5, 5.41) is 8.08. The maximum Gasteiger partial charge on any atom is 0.410 e. The van der Waals surface area contributed by atoms with Gasteiger partial charge in [-0.05, 0) is 73.4 Å². The highest BCUT2D eigenvalue weighted by Crippen LogP contribution is 2.30. The van der Waals surface area contributed by atoms with E-state index >= 15 is 0 Å². The summed E-state index contributed by atoms with van der Waals surface area (Å²) in [5.74, 6) is 1.53. The summed E-state index contributed by atoms with van der Waals surface area (Å²) < 4.78 is 13.8. The van der Waals surface area contributed by atoms with E-state index in [0.29, 0.717) is 43.1 Å². The number of hydrogen-bond acceptors (Lipinski definition) is 9. The molecule has 0 bridgehead atoms. The van der Waals surface area contributed by atoms with Crippen molar-refractivity contribution >= 4 is 57.1 Å². The van der Waals surface area contributed by atoms with E-state index in [1.165, 1.54) is 0 Å². The number of halogens is 1. The fourth-order valence-electron chi connectivity index (χ4n) is 4.19. The zero-order chi connectivity index (χ0) is 27.4. The molecule has 3 N–H and O–H groups in total. The summed E-state index contributed by atoms with van der Waals surface area (Å²) in [6.07, 6.45) is 6.38. The number of amides is 1. The summed E-state index contributed by atoms with van der Waals surface area (Å²) in [6, 6.07) is 1.99. The fourth-order valence-corrected chi connectivity index (χ4v) is 4.83. The molecule has 4 heterocycles. The number of unbranched alkanes of at least 4 members (excludes halogenated alkanes) is 1. The third kappa shape index (κ3) is 6.45. The minimum absolute atomic E-state index is 0.208. The lowest BCUT2D eigenvalue weighted by Gasteiger charge is -2.29. The number of nitrogen functional groups attached to an aromatic ring is 1. The van der Waals surface area contributed by atoms with Crippen molar-refractivity contribution in [1.82, 2.24) is 29.6 Å². The molecule has 0 saturated heterocycles. The lowest BCUT2D eigenvalue weighted by Crippen LogP contribution is -2.39. The zero-order valence-corrected chi connectivity index (χ0v) is 24.7. The second-order valence-corrected chi connectivity index (χ2v) is 11.2. The number of carbonyl (C=O) groups excluding carboxylic acids is 1. The van der Waals surface area contributed by atoms with Crippen LogP contribution in [0.3, 0.4) is 0 Å². The second-order valence-electron chi connectivity index (χ2n) is 10.1. The number of nitrogens with two attached hydrogens (primary N) is 1. The molecular formula is C26H35IN8O3. The van der Waals surface area contributed by atoms with Crippen LogP contribution in [-0.4, -0.2) is 68.1 Å². The molecule has 38 heavy (non-hydrogen) atoms. The first-order valence-electron chi connectivity index (χ1n) is 12.7. The Kier molecular flexibility index (Phi) is 8.58. The molecule has 204 valence electrons. The molecule has 3 aromatic heterocycles. The first kappa shape index (κ1) is 27.9. The Balaban J connectivity index is 1.57. The van der Waals surface area contributed by atoms with Crippen molar-refractivity contribution in [3.8, 4) is 5.75 Å². The van der Waals surface area contributed by atoms with Crippen LogP contribution in [0.15, 0.2) is 18.3 Å². The van der Waals surface area contributed by atoms with E-state index in [0.717, 1.165) is 45.4 Å². The quantitative estimate of drug-likeness (QED) is 0.267. The minimum Gasteiger partial charge on any atom is -0.495 e. The average molecular weight is 635 g/mol. The van der Waals surface area contributed by atoms with Gasteiger partial charge in [-0.15, -0.1) is 0 Å². The van der Waals surface area contributed by atoms with Crippen molar-refractivity contribution in [3.05, 3.63) is 33.3 Å². The van der Waals surface area contributed by atoms with E-state index in [-0.39, 0.29) is 12.0 Å². The molecule has 4 rings (SSSR count). The van der Waals surface area contributed by atoms with E-state index in [1.807, 2.05) is 43.8 Å². The van der Waals surface area contributed by atoms with Crippen LogP contribution in [-0.2, 0) is 11.3 Å². The van der Waals surface area contributed by atoms with Crippen LogP contribution in [0.2, 0.25) is 0 Å². The Labute approximate surface area is 236 Å². The van der Waals surface area contributed by atoms with Crippen molar-refractivity contribution in [1.29, 1.82) is 0 Å². The van der Waals surface area contributed by atoms with Gasteiger partial charge in [0, 0.05) is 25.8 Å². The minimum atomic E-state index is -0.517. The van der Waals surface area contributed by atoms with Crippen LogP contribution in [0.5, 0.6) is 5.75 Å². The SMILES string of the molecule is CCCCNc1nc(N)nc2c(I)nn(Cc3ncc(C4=CCN(C(=O)OC(C)(C)C)CC4)cc3OC)c12. The largest absolute Gasteiger partial charge is 0.495 e. The lowest BCUT2D eigenvalue weighted by molar-refractivity contribution is 0.0270. The third-order valence-electron chi connectivity index (χ3n) is 6.07. The van der Waals surface area contributed by atoms with E-state index < -0.39 is 5.60 Å². The number of ether oxygens (including phenoxy) is 2. The average Bonchev–Trinajstić information content (AvgIpc) is 3.18. The first-order valence-corrected chi connectivity index (χ1v) is 13.8. The summed E-state index contributed by atoms with van der Waals surface area (Å²) in [5.41, 5.74) is 9.76. The van der Waals surface area contributed by atoms with Gasteiger partial charge < -0.3 is 25.4 Å². The highest BCUT2D eigenvalue weighted by molar-refractivity contribution is 14.1. The third-order valence-corrected chi connectivity index (χ3v) is 6.79. The highest BCUT2D eigenvalue weighted by Gasteiger charge is 2.24. The number of pyridine rings is 1. The second kappa shape index (κ2) is 11.7. The van der Waals surface area contributed by atoms with Crippen molar-refractivity contribution in [2.75, 3.05) is 37.8 Å². The predicted molar refractivity (Wildman–Crippen MR) is 156 cm³/mol. The Morgan fingerprint density at radius 1 is 1.29 bits per heavy atom. The standard InChI is InChI=1S/C26H35IN8O3/c1-6-7-10-29-23-21-20(31-24(28)32-23)22(27)33-35(21)15-18-19(37-5)13-17(14-30-18)16-8-11-34(12-9-16)25(36)38-26(2,3)4/h8,13-14H,6-7,9-12,15H2,1-5H3,(H3,28,29,31,32). The van der Waals surface area contributed by atoms with E-state index in [2.05, 4.69) is 44.8 Å². The lowest BCUT2D eigenvalue weighted by atomic mass is 10.0. The topological polar surface area (TPSA) is 133 Å². The van der Waals surface area contributed by atoms with Gasteiger partial charge in [0.2, 0.25) is 5.95 Å². The normalized spacial score (nSPS) is 13.9. The van der Waals surface area contributed by atoms with Gasteiger partial charge in [0.15, 0.2) is 5.82 Å². The van der Waals surface area contributed by atoms with Gasteiger partial charge >= 0.3 is 6.09 Å². The smallest absolute Gasteiger partial charge is 0.410 e. The monoisotopic (exact) mass is 634 g/mol. The summed E-state index contributed by atoms with van der Waals surface area (Å²) in [6.45, 7) is 9.98. The number of aromatic nitrogens is 5. The fraction of sp³-hybridized carbons (Fsp3) is 0.500. The van der Waals surface area contributed by atoms with Crippen LogP contribution in [0.1, 0.15) is 58.2 Å². The summed E-state index contributed by atoms with van der Waals surface area (Å²) in [4.78, 5) is 27.7. The molecular weight excluding hydrogens is 599 g/mol. The maximum absolute atomic E-state index is 12.4. The number of nitrogens with one attached hydrogen (secondary N) is 1. The van der Waals surface area contributed by atoms with Crippen molar-refractivity contribution in [3.63, 3.8) is 0 Å². The predicted octanol–water partition coefficient (Wildman–Crippen LogP) is 4.70. The molecule has 0 spiro atoms. The molecule has 11 nitrogen and oxygen atoms in total. The molecule has 0 radical (unpaired) electrons. The summed E-state index contributed by atoms with van der Waals surface area (Å²) >= 11 is 2.16. The van der Waals surface area contributed by atoms with Gasteiger partial charge in [-0.2, -0.15) is 10.1 Å². The number of methoxy groups -OCH3 is 1. The number of carbonyl (C=O) groups is 1. The number of hydrogen-bond donors (Lipinski definition) is 2. The van der Waals surface area contributed by atoms with E-state index in [1.54, 1.807) is 12.0 Å². The molecule has 0 aliphatic carbocycles. The molecule has 1 aliphatic rings. The van der Waals surface area contributed by atoms with E-state index in [9.17, 15) is 4.79 Å². The molecule has 0 fully saturated rings. The van der Waals surface area contributed by atoms with Crippen molar-refractivity contribution in [2.24, 2.45) is 0 Å². The first-order chi connectivity index (χ1) is 18.1. The Morgan fingerprint density at radius 2 is 2.08 bits per heavy atom. The highest BCUT2D eigenvalue weighted by atomic mass is 127. The van der Waals surface area contributed by atoms with Crippen LogP contribution in [0, 0.1) is 3.70 Å². The number of fused-ring (bicyclic) bond motifs is 1. The Hall–Kier alpha value is -3.16. The molecule has 12 heteroatoms. The molecule has 0 unspecified atom stereocenters. The van der Waals surface area contributed by atoms with Crippen LogP contribution >= 0.6 is 22.6 Å². The summed E-state index contributed by atoms with van der Waals surface area (Å²) in [7, 11) is 1.64. The van der Waals surface area contributed by atoms with Gasteiger partial charge in [0.05, 0.1) is 13.7 Å². The van der Waals surface area contributed by atoms with Crippen LogP contribution < -0.4 is 15.8 Å². The number of nitrogens with zero attached hydrogens (tertiary/aromatic N) is 6. The molecule has 0 atom stereocenters. The molecule has 3 aromatic rings. The maximum atomic E-state index is 12.4. The molecule has 0 saturated carbocycles. The number of rotatable bonds is 8. The van der Waals surface area contributed by atoms with Gasteiger partial charge in [-0.25, -0.2) is 9.78 Å². The molecule has 1 amide bonds. The number of anilines is 2. The molecule has 0 aromatic carbocycles. The van der Waals surface area contributed by atoms with Crippen LogP contribution in [0.4, 0.5) is 16.6 Å². The van der Waals surface area contributed by atoms with E-state index in [4.69, 9.17) is 25.3 Å². The van der Waals surface area contributed by atoms with Crippen LogP contribution in [0.25, 0.3) is 16.6 Å². The molecule has 1 aliphatic heterocycles.